The standard InChI is InChI=1S/C15H19NO3S/c1-2-15(18,13-4-3-9-20-13)14(17)19-12-10-16-7-5-11(12)6-8-16/h2-4,9,11-12,18H,1,5-8,10H2. The third kappa shape index (κ3) is 2.30. The van der Waals surface area contributed by atoms with Crippen LogP contribution >= 0.6 is 11.3 Å². The zero-order valence-corrected chi connectivity index (χ0v) is 12.1. The van der Waals surface area contributed by atoms with Crippen molar-refractivity contribution in [2.75, 3.05) is 19.6 Å². The van der Waals surface area contributed by atoms with Crippen molar-refractivity contribution >= 4 is 17.3 Å². The second kappa shape index (κ2) is 5.31. The average molecular weight is 293 g/mol. The number of ether oxygens (including phenoxy) is 1. The minimum absolute atomic E-state index is 0.101. The van der Waals surface area contributed by atoms with Crippen LogP contribution in [0.4, 0.5) is 0 Å². The summed E-state index contributed by atoms with van der Waals surface area (Å²) >= 11 is 1.33. The summed E-state index contributed by atoms with van der Waals surface area (Å²) in [6, 6.07) is 3.53. The third-order valence-electron chi connectivity index (χ3n) is 4.36. The fourth-order valence-electron chi connectivity index (χ4n) is 3.05. The fourth-order valence-corrected chi connectivity index (χ4v) is 3.86. The highest BCUT2D eigenvalue weighted by Crippen LogP contribution is 2.33. The molecular weight excluding hydrogens is 274 g/mol. The summed E-state index contributed by atoms with van der Waals surface area (Å²) in [7, 11) is 0. The third-order valence-corrected chi connectivity index (χ3v) is 5.35. The summed E-state index contributed by atoms with van der Waals surface area (Å²) in [6.45, 7) is 6.57. The molecule has 20 heavy (non-hydrogen) atoms. The van der Waals surface area contributed by atoms with E-state index in [-0.39, 0.29) is 6.10 Å². The van der Waals surface area contributed by atoms with E-state index in [9.17, 15) is 9.90 Å². The molecule has 4 rings (SSSR count). The van der Waals surface area contributed by atoms with Gasteiger partial charge in [0.1, 0.15) is 6.10 Å². The normalized spacial score (nSPS) is 31.6. The van der Waals surface area contributed by atoms with Gasteiger partial charge in [0.05, 0.1) is 4.88 Å². The molecule has 0 aliphatic carbocycles. The fraction of sp³-hybridized carbons (Fsp3) is 0.533. The molecule has 4 nitrogen and oxygen atoms in total. The van der Waals surface area contributed by atoms with Crippen molar-refractivity contribution in [3.8, 4) is 0 Å². The molecule has 1 N–H and O–H groups in total. The lowest BCUT2D eigenvalue weighted by molar-refractivity contribution is -0.176. The molecule has 2 unspecified atom stereocenters. The summed E-state index contributed by atoms with van der Waals surface area (Å²) < 4.78 is 5.61. The van der Waals surface area contributed by atoms with Crippen LogP contribution in [0.5, 0.6) is 0 Å². The first-order valence-electron chi connectivity index (χ1n) is 6.97. The molecule has 108 valence electrons. The Morgan fingerprint density at radius 2 is 2.30 bits per heavy atom. The van der Waals surface area contributed by atoms with Gasteiger partial charge in [-0.05, 0) is 49.4 Å². The van der Waals surface area contributed by atoms with Crippen molar-refractivity contribution in [2.45, 2.75) is 24.5 Å². The first kappa shape index (κ1) is 13.8. The van der Waals surface area contributed by atoms with Crippen LogP contribution in [-0.2, 0) is 15.1 Å². The van der Waals surface area contributed by atoms with Gasteiger partial charge in [0.15, 0.2) is 0 Å². The Labute approximate surface area is 122 Å². The lowest BCUT2D eigenvalue weighted by Gasteiger charge is -2.44. The van der Waals surface area contributed by atoms with Gasteiger partial charge in [0, 0.05) is 6.54 Å². The number of esters is 1. The zero-order chi connectivity index (χ0) is 14.2. The van der Waals surface area contributed by atoms with E-state index in [1.807, 2.05) is 5.38 Å². The van der Waals surface area contributed by atoms with E-state index in [0.717, 1.165) is 32.5 Å². The summed E-state index contributed by atoms with van der Waals surface area (Å²) in [4.78, 5) is 15.3. The number of carbonyl (C=O) groups excluding carboxylic acids is 1. The van der Waals surface area contributed by atoms with Crippen LogP contribution in [0.1, 0.15) is 17.7 Å². The van der Waals surface area contributed by atoms with Gasteiger partial charge in [-0.1, -0.05) is 12.6 Å². The quantitative estimate of drug-likeness (QED) is 0.679. The van der Waals surface area contributed by atoms with Gasteiger partial charge >= 0.3 is 5.97 Å². The molecule has 0 amide bonds. The van der Waals surface area contributed by atoms with Crippen molar-refractivity contribution in [3.63, 3.8) is 0 Å². The molecule has 0 spiro atoms. The first-order valence-corrected chi connectivity index (χ1v) is 7.85. The number of aliphatic hydroxyl groups is 1. The van der Waals surface area contributed by atoms with Gasteiger partial charge in [0.2, 0.25) is 5.60 Å². The van der Waals surface area contributed by atoms with Crippen LogP contribution in [0.3, 0.4) is 0 Å². The van der Waals surface area contributed by atoms with Crippen molar-refractivity contribution in [3.05, 3.63) is 35.0 Å². The molecule has 2 atom stereocenters. The molecule has 3 fully saturated rings. The van der Waals surface area contributed by atoms with Crippen molar-refractivity contribution in [1.29, 1.82) is 0 Å². The SMILES string of the molecule is C=CC(O)(C(=O)OC1CN2CCC1CC2)c1cccs1. The summed E-state index contributed by atoms with van der Waals surface area (Å²) in [5.41, 5.74) is -1.72. The van der Waals surface area contributed by atoms with Gasteiger partial charge in [-0.15, -0.1) is 11.3 Å². The number of hydrogen-bond acceptors (Lipinski definition) is 5. The maximum absolute atomic E-state index is 12.4. The Balaban J connectivity index is 1.73. The van der Waals surface area contributed by atoms with Crippen LogP contribution < -0.4 is 0 Å². The molecule has 0 aromatic carbocycles. The number of fused-ring (bicyclic) bond motifs is 3. The van der Waals surface area contributed by atoms with E-state index in [1.54, 1.807) is 12.1 Å². The molecule has 4 heterocycles. The lowest BCUT2D eigenvalue weighted by atomic mass is 9.85. The van der Waals surface area contributed by atoms with Crippen LogP contribution in [0, 0.1) is 5.92 Å². The number of hydrogen-bond donors (Lipinski definition) is 1. The van der Waals surface area contributed by atoms with E-state index in [1.165, 1.54) is 17.4 Å². The largest absolute Gasteiger partial charge is 0.458 e. The monoisotopic (exact) mass is 293 g/mol. The number of piperidine rings is 3. The number of rotatable bonds is 4. The highest BCUT2D eigenvalue weighted by molar-refractivity contribution is 7.10. The molecule has 1 aromatic heterocycles. The Morgan fingerprint density at radius 1 is 1.55 bits per heavy atom. The minimum Gasteiger partial charge on any atom is -0.458 e. The Kier molecular flexibility index (Phi) is 3.67. The van der Waals surface area contributed by atoms with Crippen LogP contribution in [0.2, 0.25) is 0 Å². The van der Waals surface area contributed by atoms with E-state index >= 15 is 0 Å². The van der Waals surface area contributed by atoms with Crippen LogP contribution in [-0.4, -0.2) is 41.7 Å². The second-order valence-corrected chi connectivity index (χ2v) is 6.48. The Morgan fingerprint density at radius 3 is 2.80 bits per heavy atom. The molecule has 3 aliphatic rings. The van der Waals surface area contributed by atoms with Gasteiger partial charge in [-0.3, -0.25) is 4.90 Å². The topological polar surface area (TPSA) is 49.8 Å². The predicted molar refractivity (Wildman–Crippen MR) is 77.5 cm³/mol. The lowest BCUT2D eigenvalue weighted by Crippen LogP contribution is -2.53. The molecule has 5 heteroatoms. The zero-order valence-electron chi connectivity index (χ0n) is 11.3. The summed E-state index contributed by atoms with van der Waals surface area (Å²) in [5, 5.41) is 12.4. The number of carbonyl (C=O) groups is 1. The molecule has 2 bridgehead atoms. The average Bonchev–Trinajstić information content (AvgIpc) is 3.02. The van der Waals surface area contributed by atoms with E-state index in [2.05, 4.69) is 11.5 Å². The van der Waals surface area contributed by atoms with Crippen LogP contribution in [0.15, 0.2) is 30.2 Å². The highest BCUT2D eigenvalue weighted by atomic mass is 32.1. The van der Waals surface area contributed by atoms with Crippen LogP contribution in [0.25, 0.3) is 0 Å². The van der Waals surface area contributed by atoms with E-state index in [0.29, 0.717) is 10.8 Å². The van der Waals surface area contributed by atoms with Gasteiger partial charge in [-0.2, -0.15) is 0 Å². The maximum Gasteiger partial charge on any atom is 0.348 e. The summed E-state index contributed by atoms with van der Waals surface area (Å²) in [5.74, 6) is -0.171. The number of thiophene rings is 1. The molecule has 0 saturated carbocycles. The molecule has 3 aliphatic heterocycles. The van der Waals surface area contributed by atoms with Crippen molar-refractivity contribution in [2.24, 2.45) is 5.92 Å². The maximum atomic E-state index is 12.4. The predicted octanol–water partition coefficient (Wildman–Crippen LogP) is 1.76. The minimum atomic E-state index is -1.72. The van der Waals surface area contributed by atoms with Crippen molar-refractivity contribution in [1.82, 2.24) is 4.90 Å². The Hall–Kier alpha value is -1.17. The highest BCUT2D eigenvalue weighted by Gasteiger charge is 2.42. The molecule has 0 radical (unpaired) electrons. The number of nitrogens with zero attached hydrogens (tertiary/aromatic N) is 1. The first-order chi connectivity index (χ1) is 9.63. The van der Waals surface area contributed by atoms with Crippen molar-refractivity contribution < 1.29 is 14.6 Å². The summed E-state index contributed by atoms with van der Waals surface area (Å²) in [6.07, 6.45) is 3.31. The smallest absolute Gasteiger partial charge is 0.348 e. The van der Waals surface area contributed by atoms with E-state index in [4.69, 9.17) is 4.74 Å². The van der Waals surface area contributed by atoms with Gasteiger partial charge in [-0.25, -0.2) is 4.79 Å². The van der Waals surface area contributed by atoms with E-state index < -0.39 is 11.6 Å². The molecule has 1 aromatic rings. The second-order valence-electron chi connectivity index (χ2n) is 5.53. The Bertz CT molecular complexity index is 493. The van der Waals surface area contributed by atoms with Gasteiger partial charge < -0.3 is 9.84 Å². The molecular formula is C15H19NO3S. The van der Waals surface area contributed by atoms with Gasteiger partial charge in [0.25, 0.3) is 0 Å². The molecule has 3 saturated heterocycles.